The first kappa shape index (κ1) is 17.9. The van der Waals surface area contributed by atoms with Crippen LogP contribution in [0, 0.1) is 0 Å². The van der Waals surface area contributed by atoms with E-state index in [0.717, 1.165) is 10.0 Å². The first-order valence-electron chi connectivity index (χ1n) is 7.84. The molecule has 0 aliphatic heterocycles. The highest BCUT2D eigenvalue weighted by atomic mass is 79.9. The van der Waals surface area contributed by atoms with Gasteiger partial charge in [-0.25, -0.2) is 4.79 Å². The minimum absolute atomic E-state index is 0.0919. The van der Waals surface area contributed by atoms with E-state index < -0.39 is 23.7 Å². The van der Waals surface area contributed by atoms with E-state index in [-0.39, 0.29) is 12.0 Å². The largest absolute Gasteiger partial charge is 0.480 e. The minimum Gasteiger partial charge on any atom is -0.480 e. The number of H-pyrrole nitrogens is 1. The number of benzene rings is 2. The summed E-state index contributed by atoms with van der Waals surface area (Å²) in [6, 6.07) is 13.0. The third kappa shape index (κ3) is 3.83. The maximum Gasteiger partial charge on any atom is 0.326 e. The number of aromatic amines is 1. The molecule has 7 heteroatoms. The van der Waals surface area contributed by atoms with Crippen LogP contribution >= 0.6 is 15.9 Å². The second-order valence-corrected chi connectivity index (χ2v) is 6.69. The number of fused-ring (bicyclic) bond motifs is 1. The van der Waals surface area contributed by atoms with Gasteiger partial charge in [0.2, 0.25) is 0 Å². The maximum absolute atomic E-state index is 12.5. The van der Waals surface area contributed by atoms with Gasteiger partial charge in [-0.15, -0.1) is 0 Å². The molecule has 0 saturated heterocycles. The third-order valence-corrected chi connectivity index (χ3v) is 4.47. The molecule has 1 amide bonds. The topological polar surface area (TPSA) is 99.3 Å². The van der Waals surface area contributed by atoms with Crippen LogP contribution in [0.3, 0.4) is 0 Å². The van der Waals surface area contributed by atoms with Gasteiger partial charge < -0.3 is 15.4 Å². The minimum atomic E-state index is -1.20. The number of hydrogen-bond donors (Lipinski definition) is 3. The average molecular weight is 415 g/mol. The quantitative estimate of drug-likeness (QED) is 0.426. The van der Waals surface area contributed by atoms with E-state index in [1.54, 1.807) is 36.4 Å². The Balaban J connectivity index is 1.79. The van der Waals surface area contributed by atoms with Gasteiger partial charge in [-0.05, 0) is 23.8 Å². The van der Waals surface area contributed by atoms with E-state index in [1.807, 2.05) is 12.1 Å². The van der Waals surface area contributed by atoms with Crippen LogP contribution in [0.1, 0.15) is 15.9 Å². The van der Waals surface area contributed by atoms with E-state index in [1.165, 1.54) is 6.20 Å². The van der Waals surface area contributed by atoms with Gasteiger partial charge in [0.15, 0.2) is 0 Å². The number of carboxylic acids is 1. The molecule has 3 aromatic rings. The van der Waals surface area contributed by atoms with Crippen molar-refractivity contribution in [3.63, 3.8) is 0 Å². The Morgan fingerprint density at radius 1 is 1.12 bits per heavy atom. The summed E-state index contributed by atoms with van der Waals surface area (Å²) < 4.78 is 0.770. The van der Waals surface area contributed by atoms with Crippen molar-refractivity contribution < 1.29 is 19.5 Å². The number of carbonyl (C=O) groups is 3. The van der Waals surface area contributed by atoms with Crippen molar-refractivity contribution in [2.24, 2.45) is 0 Å². The molecular weight excluding hydrogens is 400 g/mol. The molecule has 0 radical (unpaired) electrons. The van der Waals surface area contributed by atoms with Crippen LogP contribution in [0.4, 0.5) is 0 Å². The van der Waals surface area contributed by atoms with Gasteiger partial charge in [-0.1, -0.05) is 46.3 Å². The van der Waals surface area contributed by atoms with E-state index in [9.17, 15) is 19.5 Å². The maximum atomic E-state index is 12.5. The molecule has 0 spiro atoms. The van der Waals surface area contributed by atoms with Crippen molar-refractivity contribution in [3.05, 3.63) is 70.3 Å². The van der Waals surface area contributed by atoms with Crippen molar-refractivity contribution >= 4 is 44.5 Å². The van der Waals surface area contributed by atoms with Crippen molar-refractivity contribution in [1.29, 1.82) is 0 Å². The van der Waals surface area contributed by atoms with Crippen LogP contribution in [0.25, 0.3) is 10.9 Å². The number of hydrogen-bond acceptors (Lipinski definition) is 3. The van der Waals surface area contributed by atoms with E-state index in [4.69, 9.17) is 0 Å². The molecule has 0 bridgehead atoms. The number of aromatic nitrogens is 1. The Hall–Kier alpha value is -2.93. The van der Waals surface area contributed by atoms with Crippen molar-refractivity contribution in [1.82, 2.24) is 10.3 Å². The summed E-state index contributed by atoms with van der Waals surface area (Å²) in [7, 11) is 0. The summed E-state index contributed by atoms with van der Waals surface area (Å²) in [5, 5.41) is 12.3. The standard InChI is InChI=1S/C19H15BrN2O4/c20-12-6-7-15-13(9-12)14(10-21-15)17(23)18(24)22-16(19(25)26)8-11-4-2-1-3-5-11/h1-7,9-10,16,21H,8H2,(H,22,24)(H,25,26)/t16-/m0/s1. The van der Waals surface area contributed by atoms with E-state index in [2.05, 4.69) is 26.2 Å². The fourth-order valence-corrected chi connectivity index (χ4v) is 3.04. The Morgan fingerprint density at radius 3 is 2.54 bits per heavy atom. The van der Waals surface area contributed by atoms with Gasteiger partial charge in [-0.3, -0.25) is 9.59 Å². The summed E-state index contributed by atoms with van der Waals surface area (Å²) in [4.78, 5) is 39.2. The smallest absolute Gasteiger partial charge is 0.326 e. The first-order chi connectivity index (χ1) is 12.5. The molecule has 0 fully saturated rings. The lowest BCUT2D eigenvalue weighted by Gasteiger charge is -2.14. The van der Waals surface area contributed by atoms with Crippen molar-refractivity contribution in [3.8, 4) is 0 Å². The van der Waals surface area contributed by atoms with Crippen LogP contribution < -0.4 is 5.32 Å². The molecule has 132 valence electrons. The monoisotopic (exact) mass is 414 g/mol. The molecule has 0 aliphatic carbocycles. The van der Waals surface area contributed by atoms with Crippen molar-refractivity contribution in [2.45, 2.75) is 12.5 Å². The highest BCUT2D eigenvalue weighted by Gasteiger charge is 2.26. The number of halogens is 1. The van der Waals surface area contributed by atoms with Crippen LogP contribution in [0.15, 0.2) is 59.2 Å². The molecule has 26 heavy (non-hydrogen) atoms. The molecule has 2 aromatic carbocycles. The number of carboxylic acid groups (broad SMARTS) is 1. The first-order valence-corrected chi connectivity index (χ1v) is 8.63. The Labute approximate surface area is 157 Å². The number of Topliss-reactive ketones (excluding diaryl/α,β-unsaturated/α-hetero) is 1. The summed E-state index contributed by atoms with van der Waals surface area (Å²) in [5.74, 6) is -2.93. The molecule has 1 atom stereocenters. The predicted octanol–water partition coefficient (Wildman–Crippen LogP) is 2.93. The van der Waals surface area contributed by atoms with Gasteiger partial charge in [0.05, 0.1) is 5.56 Å². The fraction of sp³-hybridized carbons (Fsp3) is 0.105. The summed E-state index contributed by atoms with van der Waals surface area (Å²) in [6.07, 6.45) is 1.54. The van der Waals surface area contributed by atoms with Gasteiger partial charge in [0.1, 0.15) is 6.04 Å². The number of amides is 1. The zero-order valence-corrected chi connectivity index (χ0v) is 15.1. The molecule has 0 aliphatic rings. The zero-order valence-electron chi connectivity index (χ0n) is 13.5. The van der Waals surface area contributed by atoms with Crippen molar-refractivity contribution in [2.75, 3.05) is 0 Å². The highest BCUT2D eigenvalue weighted by molar-refractivity contribution is 9.10. The third-order valence-electron chi connectivity index (χ3n) is 3.98. The normalized spacial score (nSPS) is 11.9. The van der Waals surface area contributed by atoms with Crippen LogP contribution in [-0.4, -0.2) is 33.8 Å². The van der Waals surface area contributed by atoms with E-state index in [0.29, 0.717) is 10.9 Å². The molecule has 3 rings (SSSR count). The number of carbonyl (C=O) groups excluding carboxylic acids is 2. The van der Waals surface area contributed by atoms with Gasteiger partial charge in [-0.2, -0.15) is 0 Å². The van der Waals surface area contributed by atoms with E-state index >= 15 is 0 Å². The fourth-order valence-electron chi connectivity index (χ4n) is 2.68. The molecule has 6 nitrogen and oxygen atoms in total. The Bertz CT molecular complexity index is 982. The molecule has 1 heterocycles. The SMILES string of the molecule is O=C(N[C@@H](Cc1ccccc1)C(=O)O)C(=O)c1c[nH]c2ccc(Br)cc12. The van der Waals surface area contributed by atoms with Crippen LogP contribution in [-0.2, 0) is 16.0 Å². The van der Waals surface area contributed by atoms with Gasteiger partial charge in [0.25, 0.3) is 11.7 Å². The molecular formula is C19H15BrN2O4. The van der Waals surface area contributed by atoms with Crippen LogP contribution in [0.2, 0.25) is 0 Å². The predicted molar refractivity (Wildman–Crippen MR) is 100 cm³/mol. The summed E-state index contributed by atoms with van der Waals surface area (Å²) in [6.45, 7) is 0. The lowest BCUT2D eigenvalue weighted by Crippen LogP contribution is -2.45. The number of aliphatic carboxylic acids is 1. The Kier molecular flexibility index (Phi) is 5.18. The number of ketones is 1. The second kappa shape index (κ2) is 7.53. The molecule has 1 aromatic heterocycles. The lowest BCUT2D eigenvalue weighted by molar-refractivity contribution is -0.141. The van der Waals surface area contributed by atoms with Gasteiger partial charge in [0, 0.05) is 28.0 Å². The summed E-state index contributed by atoms with van der Waals surface area (Å²) in [5.41, 5.74) is 1.66. The zero-order chi connectivity index (χ0) is 18.7. The van der Waals surface area contributed by atoms with Crippen LogP contribution in [0.5, 0.6) is 0 Å². The molecule has 3 N–H and O–H groups in total. The Morgan fingerprint density at radius 2 is 1.85 bits per heavy atom. The van der Waals surface area contributed by atoms with Gasteiger partial charge >= 0.3 is 5.97 Å². The number of nitrogens with one attached hydrogen (secondary N) is 2. The second-order valence-electron chi connectivity index (χ2n) is 5.78. The highest BCUT2D eigenvalue weighted by Crippen LogP contribution is 2.23. The molecule has 0 saturated carbocycles. The average Bonchev–Trinajstić information content (AvgIpc) is 3.04. The summed E-state index contributed by atoms with van der Waals surface area (Å²) >= 11 is 3.33. The molecule has 0 unspecified atom stereocenters. The number of rotatable bonds is 6. The lowest BCUT2D eigenvalue weighted by atomic mass is 10.0.